The molecule has 0 aromatic carbocycles. The van der Waals surface area contributed by atoms with Gasteiger partial charge in [-0.15, -0.1) is 0 Å². The molecule has 2 unspecified atom stereocenters. The average Bonchev–Trinajstić information content (AvgIpc) is 2.46. The van der Waals surface area contributed by atoms with E-state index >= 15 is 0 Å². The van der Waals surface area contributed by atoms with Gasteiger partial charge in [0.1, 0.15) is 0 Å². The molecule has 0 heterocycles. The van der Waals surface area contributed by atoms with E-state index in [0.717, 1.165) is 31.7 Å². The van der Waals surface area contributed by atoms with Crippen LogP contribution in [0.5, 0.6) is 0 Å². The molecule has 0 radical (unpaired) electrons. The number of aliphatic carboxylic acids is 1. The van der Waals surface area contributed by atoms with Gasteiger partial charge in [-0.1, -0.05) is 32.6 Å². The molecule has 2 N–H and O–H groups in total. The van der Waals surface area contributed by atoms with Gasteiger partial charge in [0, 0.05) is 6.54 Å². The van der Waals surface area contributed by atoms with Crippen LogP contribution in [0.1, 0.15) is 58.3 Å². The molecule has 2 aliphatic carbocycles. The lowest BCUT2D eigenvalue weighted by molar-refractivity contribution is -0.149. The molecule has 4 heteroatoms. The highest BCUT2D eigenvalue weighted by Gasteiger charge is 2.35. The minimum absolute atomic E-state index is 0.0317. The molecule has 2 atom stereocenters. The average molecular weight is 281 g/mol. The molecule has 2 aliphatic rings. The van der Waals surface area contributed by atoms with E-state index in [1.54, 1.807) is 0 Å². The van der Waals surface area contributed by atoms with Crippen molar-refractivity contribution in [3.8, 4) is 0 Å². The van der Waals surface area contributed by atoms with Crippen molar-refractivity contribution in [2.24, 2.45) is 23.7 Å². The Hall–Kier alpha value is -1.06. The van der Waals surface area contributed by atoms with Crippen molar-refractivity contribution in [2.45, 2.75) is 58.3 Å². The SMILES string of the molecule is CC1CCC(CNC(=O)C2CCCCC2C(=O)O)CC1. The Morgan fingerprint density at radius 2 is 1.60 bits per heavy atom. The molecular formula is C16H27NO3. The number of nitrogens with one attached hydrogen (secondary N) is 1. The minimum atomic E-state index is -0.809. The lowest BCUT2D eigenvalue weighted by Gasteiger charge is -2.30. The second-order valence-corrected chi connectivity index (χ2v) is 6.71. The fourth-order valence-corrected chi connectivity index (χ4v) is 3.65. The summed E-state index contributed by atoms with van der Waals surface area (Å²) >= 11 is 0. The maximum Gasteiger partial charge on any atom is 0.307 e. The molecule has 0 bridgehead atoms. The first-order valence-electron chi connectivity index (χ1n) is 8.08. The monoisotopic (exact) mass is 281 g/mol. The summed E-state index contributed by atoms with van der Waals surface area (Å²) < 4.78 is 0. The molecule has 114 valence electrons. The van der Waals surface area contributed by atoms with Crippen LogP contribution in [0, 0.1) is 23.7 Å². The zero-order valence-electron chi connectivity index (χ0n) is 12.4. The van der Waals surface area contributed by atoms with Crippen molar-refractivity contribution in [3.63, 3.8) is 0 Å². The zero-order valence-corrected chi connectivity index (χ0v) is 12.4. The molecule has 2 saturated carbocycles. The minimum Gasteiger partial charge on any atom is -0.481 e. The smallest absolute Gasteiger partial charge is 0.307 e. The van der Waals surface area contributed by atoms with Gasteiger partial charge in [-0.2, -0.15) is 0 Å². The maximum absolute atomic E-state index is 12.2. The van der Waals surface area contributed by atoms with Gasteiger partial charge in [0.15, 0.2) is 0 Å². The Balaban J connectivity index is 1.79. The highest BCUT2D eigenvalue weighted by molar-refractivity contribution is 5.84. The molecule has 4 nitrogen and oxygen atoms in total. The Morgan fingerprint density at radius 3 is 2.20 bits per heavy atom. The van der Waals surface area contributed by atoms with Crippen molar-refractivity contribution in [3.05, 3.63) is 0 Å². The Morgan fingerprint density at radius 1 is 1.00 bits per heavy atom. The third-order valence-corrected chi connectivity index (χ3v) is 5.12. The Labute approximate surface area is 121 Å². The van der Waals surface area contributed by atoms with Gasteiger partial charge < -0.3 is 10.4 Å². The van der Waals surface area contributed by atoms with E-state index in [1.165, 1.54) is 25.7 Å². The van der Waals surface area contributed by atoms with Crippen molar-refractivity contribution in [1.82, 2.24) is 5.32 Å². The van der Waals surface area contributed by atoms with Crippen LogP contribution in [0.2, 0.25) is 0 Å². The van der Waals surface area contributed by atoms with Crippen molar-refractivity contribution < 1.29 is 14.7 Å². The number of rotatable bonds is 4. The summed E-state index contributed by atoms with van der Waals surface area (Å²) in [6, 6.07) is 0. The van der Waals surface area contributed by atoms with E-state index in [0.29, 0.717) is 12.3 Å². The first kappa shape index (κ1) is 15.3. The molecule has 0 spiro atoms. The maximum atomic E-state index is 12.2. The van der Waals surface area contributed by atoms with Crippen LogP contribution in [0.4, 0.5) is 0 Å². The van der Waals surface area contributed by atoms with Crippen molar-refractivity contribution in [1.29, 1.82) is 0 Å². The topological polar surface area (TPSA) is 66.4 Å². The number of hydrogen-bond donors (Lipinski definition) is 2. The van der Waals surface area contributed by atoms with Gasteiger partial charge in [-0.25, -0.2) is 0 Å². The first-order valence-corrected chi connectivity index (χ1v) is 8.08. The predicted octanol–water partition coefficient (Wildman–Crippen LogP) is 2.82. The van der Waals surface area contributed by atoms with E-state index < -0.39 is 11.9 Å². The van der Waals surface area contributed by atoms with Crippen LogP contribution in [0.15, 0.2) is 0 Å². The second-order valence-electron chi connectivity index (χ2n) is 6.71. The van der Waals surface area contributed by atoms with Crippen LogP contribution in [-0.2, 0) is 9.59 Å². The summed E-state index contributed by atoms with van der Waals surface area (Å²) in [5, 5.41) is 12.2. The highest BCUT2D eigenvalue weighted by Crippen LogP contribution is 2.31. The van der Waals surface area contributed by atoms with Gasteiger partial charge in [0.05, 0.1) is 11.8 Å². The molecule has 20 heavy (non-hydrogen) atoms. The summed E-state index contributed by atoms with van der Waals surface area (Å²) in [5.74, 6) is -0.232. The van der Waals surface area contributed by atoms with Crippen LogP contribution < -0.4 is 5.32 Å². The van der Waals surface area contributed by atoms with Crippen molar-refractivity contribution >= 4 is 11.9 Å². The number of hydrogen-bond acceptors (Lipinski definition) is 2. The number of carboxylic acid groups (broad SMARTS) is 1. The molecular weight excluding hydrogens is 254 g/mol. The predicted molar refractivity (Wildman–Crippen MR) is 77.2 cm³/mol. The summed E-state index contributed by atoms with van der Waals surface area (Å²) in [4.78, 5) is 23.5. The zero-order chi connectivity index (χ0) is 14.5. The molecule has 2 fully saturated rings. The number of carbonyl (C=O) groups excluding carboxylic acids is 1. The normalized spacial score (nSPS) is 34.5. The van der Waals surface area contributed by atoms with Crippen molar-refractivity contribution in [2.75, 3.05) is 6.54 Å². The third kappa shape index (κ3) is 3.97. The summed E-state index contributed by atoms with van der Waals surface area (Å²) in [6.45, 7) is 3.02. The van der Waals surface area contributed by atoms with E-state index in [-0.39, 0.29) is 11.8 Å². The number of amides is 1. The number of carbonyl (C=O) groups is 2. The number of carboxylic acids is 1. The molecule has 0 aromatic heterocycles. The van der Waals surface area contributed by atoms with Gasteiger partial charge in [-0.3, -0.25) is 9.59 Å². The fourth-order valence-electron chi connectivity index (χ4n) is 3.65. The van der Waals surface area contributed by atoms with Crippen LogP contribution >= 0.6 is 0 Å². The lowest BCUT2D eigenvalue weighted by atomic mass is 9.78. The molecule has 1 amide bonds. The molecule has 0 aliphatic heterocycles. The second kappa shape index (κ2) is 7.09. The summed E-state index contributed by atoms with van der Waals surface area (Å²) in [5.41, 5.74) is 0. The van der Waals surface area contributed by atoms with E-state index in [2.05, 4.69) is 12.2 Å². The molecule has 0 saturated heterocycles. The fraction of sp³-hybridized carbons (Fsp3) is 0.875. The van der Waals surface area contributed by atoms with Crippen LogP contribution in [0.3, 0.4) is 0 Å². The largest absolute Gasteiger partial charge is 0.481 e. The highest BCUT2D eigenvalue weighted by atomic mass is 16.4. The lowest BCUT2D eigenvalue weighted by Crippen LogP contribution is -2.41. The van der Waals surface area contributed by atoms with Crippen LogP contribution in [0.25, 0.3) is 0 Å². The third-order valence-electron chi connectivity index (χ3n) is 5.12. The van der Waals surface area contributed by atoms with Gasteiger partial charge in [0.2, 0.25) is 5.91 Å². The van der Waals surface area contributed by atoms with E-state index in [9.17, 15) is 14.7 Å². The molecule has 2 rings (SSSR count). The summed E-state index contributed by atoms with van der Waals surface area (Å²) in [6.07, 6.45) is 8.16. The Kier molecular flexibility index (Phi) is 5.44. The quantitative estimate of drug-likeness (QED) is 0.832. The van der Waals surface area contributed by atoms with Gasteiger partial charge in [0.25, 0.3) is 0 Å². The standard InChI is InChI=1S/C16H27NO3/c1-11-6-8-12(9-7-11)10-17-15(18)13-4-2-3-5-14(13)16(19)20/h11-14H,2-10H2,1H3,(H,17,18)(H,19,20). The van der Waals surface area contributed by atoms with E-state index in [1.807, 2.05) is 0 Å². The van der Waals surface area contributed by atoms with E-state index in [4.69, 9.17) is 0 Å². The molecule has 0 aromatic rings. The van der Waals surface area contributed by atoms with Gasteiger partial charge in [-0.05, 0) is 37.5 Å². The van der Waals surface area contributed by atoms with Crippen LogP contribution in [-0.4, -0.2) is 23.5 Å². The first-order chi connectivity index (χ1) is 9.58. The van der Waals surface area contributed by atoms with Gasteiger partial charge >= 0.3 is 5.97 Å². The summed E-state index contributed by atoms with van der Waals surface area (Å²) in [7, 11) is 0. The Bertz CT molecular complexity index is 348.